The summed E-state index contributed by atoms with van der Waals surface area (Å²) in [4.78, 5) is 13.0. The summed E-state index contributed by atoms with van der Waals surface area (Å²) in [5.74, 6) is 0.0828. The third kappa shape index (κ3) is 2.17. The quantitative estimate of drug-likeness (QED) is 0.531. The number of hydrogen-bond acceptors (Lipinski definition) is 3. The molecule has 0 spiro atoms. The van der Waals surface area contributed by atoms with Gasteiger partial charge in [0.15, 0.2) is 0 Å². The summed E-state index contributed by atoms with van der Waals surface area (Å²) in [5.41, 5.74) is 0. The van der Waals surface area contributed by atoms with Crippen molar-refractivity contribution in [2.24, 2.45) is 0 Å². The molecule has 4 heteroatoms. The molecule has 2 N–H and O–H groups in total. The molecule has 1 rings (SSSR count). The van der Waals surface area contributed by atoms with Gasteiger partial charge in [-0.05, 0) is 7.05 Å². The highest BCUT2D eigenvalue weighted by molar-refractivity contribution is 5.77. The van der Waals surface area contributed by atoms with Gasteiger partial charge < -0.3 is 10.6 Å². The number of rotatable bonds is 3. The van der Waals surface area contributed by atoms with E-state index in [0.717, 1.165) is 13.1 Å². The van der Waals surface area contributed by atoms with Gasteiger partial charge in [-0.1, -0.05) is 0 Å². The highest BCUT2D eigenvalue weighted by atomic mass is 16.1. The Labute approximate surface area is 66.9 Å². The Morgan fingerprint density at radius 3 is 2.73 bits per heavy atom. The van der Waals surface area contributed by atoms with Crippen LogP contribution in [0.2, 0.25) is 0 Å². The average molecular weight is 157 g/mol. The van der Waals surface area contributed by atoms with Crippen LogP contribution in [0.4, 0.5) is 0 Å². The molecule has 0 bridgehead atoms. The minimum absolute atomic E-state index is 0.0828. The fourth-order valence-corrected chi connectivity index (χ4v) is 1.02. The molecule has 4 nitrogen and oxygen atoms in total. The van der Waals surface area contributed by atoms with Crippen molar-refractivity contribution in [2.75, 3.05) is 33.7 Å². The van der Waals surface area contributed by atoms with Crippen molar-refractivity contribution < 1.29 is 4.79 Å². The van der Waals surface area contributed by atoms with Crippen molar-refractivity contribution >= 4 is 5.91 Å². The van der Waals surface area contributed by atoms with E-state index in [1.807, 2.05) is 7.05 Å². The third-order valence-corrected chi connectivity index (χ3v) is 2.06. The summed E-state index contributed by atoms with van der Waals surface area (Å²) in [6.45, 7) is 2.52. The first kappa shape index (κ1) is 8.49. The second kappa shape index (κ2) is 3.69. The lowest BCUT2D eigenvalue weighted by Crippen LogP contribution is -2.57. The van der Waals surface area contributed by atoms with E-state index >= 15 is 0 Å². The Kier molecular flexibility index (Phi) is 2.84. The zero-order valence-electron chi connectivity index (χ0n) is 7.05. The van der Waals surface area contributed by atoms with E-state index in [1.54, 1.807) is 7.05 Å². The monoisotopic (exact) mass is 157 g/mol. The van der Waals surface area contributed by atoms with Gasteiger partial charge in [-0.2, -0.15) is 0 Å². The van der Waals surface area contributed by atoms with E-state index in [0.29, 0.717) is 12.6 Å². The van der Waals surface area contributed by atoms with Gasteiger partial charge in [0.25, 0.3) is 0 Å². The first-order chi connectivity index (χ1) is 5.24. The maximum absolute atomic E-state index is 10.9. The van der Waals surface area contributed by atoms with Crippen LogP contribution in [0.3, 0.4) is 0 Å². The van der Waals surface area contributed by atoms with Crippen LogP contribution >= 0.6 is 0 Å². The van der Waals surface area contributed by atoms with Crippen LogP contribution in [0.25, 0.3) is 0 Å². The van der Waals surface area contributed by atoms with Gasteiger partial charge in [-0.25, -0.2) is 0 Å². The van der Waals surface area contributed by atoms with E-state index in [1.165, 1.54) is 0 Å². The number of amides is 1. The van der Waals surface area contributed by atoms with Crippen molar-refractivity contribution in [1.82, 2.24) is 15.5 Å². The van der Waals surface area contributed by atoms with Crippen molar-refractivity contribution in [3.05, 3.63) is 0 Å². The molecular weight excluding hydrogens is 142 g/mol. The van der Waals surface area contributed by atoms with Crippen LogP contribution in [0.5, 0.6) is 0 Å². The molecule has 0 aromatic heterocycles. The summed E-state index contributed by atoms with van der Waals surface area (Å²) in [6.07, 6.45) is 0. The van der Waals surface area contributed by atoms with Crippen molar-refractivity contribution in [3.8, 4) is 0 Å². The zero-order valence-corrected chi connectivity index (χ0v) is 7.05. The second-order valence-electron chi connectivity index (χ2n) is 2.90. The Morgan fingerprint density at radius 2 is 2.36 bits per heavy atom. The van der Waals surface area contributed by atoms with Crippen LogP contribution in [0.15, 0.2) is 0 Å². The molecule has 1 fully saturated rings. The minimum atomic E-state index is 0.0828. The van der Waals surface area contributed by atoms with Gasteiger partial charge in [-0.3, -0.25) is 9.69 Å². The summed E-state index contributed by atoms with van der Waals surface area (Å²) < 4.78 is 0. The van der Waals surface area contributed by atoms with Crippen LogP contribution in [0, 0.1) is 0 Å². The van der Waals surface area contributed by atoms with E-state index in [-0.39, 0.29) is 5.91 Å². The summed E-state index contributed by atoms with van der Waals surface area (Å²) in [5, 5.41) is 5.76. The van der Waals surface area contributed by atoms with Gasteiger partial charge in [0.05, 0.1) is 6.54 Å². The van der Waals surface area contributed by atoms with Gasteiger partial charge in [0.2, 0.25) is 5.91 Å². The first-order valence-corrected chi connectivity index (χ1v) is 3.85. The summed E-state index contributed by atoms with van der Waals surface area (Å²) in [7, 11) is 3.63. The van der Waals surface area contributed by atoms with Crippen LogP contribution < -0.4 is 10.6 Å². The molecule has 1 heterocycles. The molecule has 64 valence electrons. The molecule has 0 aliphatic carbocycles. The van der Waals surface area contributed by atoms with E-state index in [4.69, 9.17) is 0 Å². The fourth-order valence-electron chi connectivity index (χ4n) is 1.02. The molecule has 11 heavy (non-hydrogen) atoms. The zero-order chi connectivity index (χ0) is 8.27. The fraction of sp³-hybridized carbons (Fsp3) is 0.857. The van der Waals surface area contributed by atoms with Crippen LogP contribution in [-0.4, -0.2) is 50.6 Å². The SMILES string of the molecule is CNC(=O)CN(C)C1CNC1. The van der Waals surface area contributed by atoms with Gasteiger partial charge in [0.1, 0.15) is 0 Å². The van der Waals surface area contributed by atoms with Gasteiger partial charge >= 0.3 is 0 Å². The molecule has 0 radical (unpaired) electrons. The van der Waals surface area contributed by atoms with E-state index in [2.05, 4.69) is 15.5 Å². The molecular formula is C7H15N3O. The Balaban J connectivity index is 2.19. The number of nitrogens with one attached hydrogen (secondary N) is 2. The predicted molar refractivity (Wildman–Crippen MR) is 43.4 cm³/mol. The van der Waals surface area contributed by atoms with Crippen molar-refractivity contribution in [3.63, 3.8) is 0 Å². The van der Waals surface area contributed by atoms with Crippen LogP contribution in [-0.2, 0) is 4.79 Å². The highest BCUT2D eigenvalue weighted by Gasteiger charge is 2.22. The number of hydrogen-bond donors (Lipinski definition) is 2. The molecule has 1 aliphatic rings. The molecule has 1 amide bonds. The Morgan fingerprint density at radius 1 is 1.73 bits per heavy atom. The molecule has 0 aromatic carbocycles. The Bertz CT molecular complexity index is 145. The first-order valence-electron chi connectivity index (χ1n) is 3.85. The maximum atomic E-state index is 10.9. The summed E-state index contributed by atoms with van der Waals surface area (Å²) >= 11 is 0. The van der Waals surface area contributed by atoms with Gasteiger partial charge in [-0.15, -0.1) is 0 Å². The lowest BCUT2D eigenvalue weighted by Gasteiger charge is -2.34. The molecule has 1 aliphatic heterocycles. The van der Waals surface area contributed by atoms with Crippen LogP contribution in [0.1, 0.15) is 0 Å². The van der Waals surface area contributed by atoms with Crippen molar-refractivity contribution in [1.29, 1.82) is 0 Å². The number of carbonyl (C=O) groups is 1. The molecule has 1 saturated heterocycles. The topological polar surface area (TPSA) is 44.4 Å². The molecule has 0 saturated carbocycles. The Hall–Kier alpha value is -0.610. The lowest BCUT2D eigenvalue weighted by atomic mass is 10.1. The largest absolute Gasteiger partial charge is 0.358 e. The van der Waals surface area contributed by atoms with E-state index in [9.17, 15) is 4.79 Å². The lowest BCUT2D eigenvalue weighted by molar-refractivity contribution is -0.122. The highest BCUT2D eigenvalue weighted by Crippen LogP contribution is 2.00. The molecule has 0 atom stereocenters. The third-order valence-electron chi connectivity index (χ3n) is 2.06. The number of carbonyl (C=O) groups excluding carboxylic acids is 1. The predicted octanol–water partition coefficient (Wildman–Crippen LogP) is -1.36. The standard InChI is InChI=1S/C7H15N3O/c1-8-7(11)5-10(2)6-3-9-4-6/h6,9H,3-5H2,1-2H3,(H,8,11). The minimum Gasteiger partial charge on any atom is -0.358 e. The molecule has 0 unspecified atom stereocenters. The second-order valence-corrected chi connectivity index (χ2v) is 2.90. The maximum Gasteiger partial charge on any atom is 0.233 e. The smallest absolute Gasteiger partial charge is 0.233 e. The summed E-state index contributed by atoms with van der Waals surface area (Å²) in [6, 6.07) is 0.548. The van der Waals surface area contributed by atoms with Gasteiger partial charge in [0, 0.05) is 26.2 Å². The normalized spacial score (nSPS) is 18.1. The number of likely N-dealkylation sites (N-methyl/N-ethyl adjacent to an activating group) is 2. The molecule has 0 aromatic rings. The number of nitrogens with zero attached hydrogens (tertiary/aromatic N) is 1. The average Bonchev–Trinajstić information content (AvgIpc) is 1.83. The van der Waals surface area contributed by atoms with Crippen molar-refractivity contribution in [2.45, 2.75) is 6.04 Å². The van der Waals surface area contributed by atoms with E-state index < -0.39 is 0 Å².